The molecule has 0 aliphatic carbocycles. The number of fused-ring (bicyclic) bond motifs is 1. The molecule has 0 fully saturated rings. The Morgan fingerprint density at radius 1 is 1.29 bits per heavy atom. The van der Waals surface area contributed by atoms with Crippen molar-refractivity contribution >= 4 is 29.0 Å². The van der Waals surface area contributed by atoms with E-state index in [1.807, 2.05) is 13.8 Å². The van der Waals surface area contributed by atoms with Crippen LogP contribution in [-0.2, 0) is 4.79 Å². The Bertz CT molecular complexity index is 927. The van der Waals surface area contributed by atoms with Gasteiger partial charge in [-0.25, -0.2) is 9.18 Å². The van der Waals surface area contributed by atoms with Crippen molar-refractivity contribution in [1.82, 2.24) is 0 Å². The van der Waals surface area contributed by atoms with Crippen LogP contribution in [0.5, 0.6) is 5.75 Å². The van der Waals surface area contributed by atoms with Crippen LogP contribution in [0.3, 0.4) is 0 Å². The van der Waals surface area contributed by atoms with Crippen molar-refractivity contribution in [3.8, 4) is 5.75 Å². The summed E-state index contributed by atoms with van der Waals surface area (Å²) in [6.45, 7) is 7.90. The maximum absolute atomic E-state index is 13.7. The first-order chi connectivity index (χ1) is 13.3. The van der Waals surface area contributed by atoms with Crippen LogP contribution in [-0.4, -0.2) is 25.1 Å². The lowest BCUT2D eigenvalue weighted by molar-refractivity contribution is -0.127. The van der Waals surface area contributed by atoms with E-state index in [2.05, 4.69) is 17.2 Å². The SMILES string of the molecule is C=CCN1C(=O)C(C)(C)COc2ccc(NC(=O)Nc3ccccc3F)cc21. The Labute approximate surface area is 163 Å². The van der Waals surface area contributed by atoms with E-state index in [0.29, 0.717) is 23.7 Å². The lowest BCUT2D eigenvalue weighted by Gasteiger charge is -2.27. The fourth-order valence-electron chi connectivity index (χ4n) is 2.88. The zero-order valence-corrected chi connectivity index (χ0v) is 15.8. The van der Waals surface area contributed by atoms with Gasteiger partial charge in [-0.3, -0.25) is 4.79 Å². The molecule has 0 saturated heterocycles. The molecular weight excluding hydrogens is 361 g/mol. The van der Waals surface area contributed by atoms with Crippen molar-refractivity contribution < 1.29 is 18.7 Å². The summed E-state index contributed by atoms with van der Waals surface area (Å²) < 4.78 is 19.5. The Morgan fingerprint density at radius 2 is 2.04 bits per heavy atom. The van der Waals surface area contributed by atoms with Crippen molar-refractivity contribution in [3.05, 3.63) is 60.9 Å². The first-order valence-electron chi connectivity index (χ1n) is 8.84. The van der Waals surface area contributed by atoms with Crippen molar-refractivity contribution in [1.29, 1.82) is 0 Å². The molecule has 2 N–H and O–H groups in total. The number of urea groups is 1. The van der Waals surface area contributed by atoms with Crippen LogP contribution < -0.4 is 20.3 Å². The number of carbonyl (C=O) groups excluding carboxylic acids is 2. The number of hydrogen-bond acceptors (Lipinski definition) is 3. The van der Waals surface area contributed by atoms with E-state index >= 15 is 0 Å². The number of anilines is 3. The Hall–Kier alpha value is -3.35. The van der Waals surface area contributed by atoms with Gasteiger partial charge in [-0.1, -0.05) is 18.2 Å². The summed E-state index contributed by atoms with van der Waals surface area (Å²) >= 11 is 0. The number of nitrogens with zero attached hydrogens (tertiary/aromatic N) is 1. The van der Waals surface area contributed by atoms with Gasteiger partial charge in [-0.05, 0) is 44.2 Å². The smallest absolute Gasteiger partial charge is 0.323 e. The minimum atomic E-state index is -0.697. The molecule has 7 heteroatoms. The lowest BCUT2D eigenvalue weighted by Crippen LogP contribution is -2.42. The predicted molar refractivity (Wildman–Crippen MR) is 107 cm³/mol. The number of nitrogens with one attached hydrogen (secondary N) is 2. The number of rotatable bonds is 4. The van der Waals surface area contributed by atoms with E-state index in [-0.39, 0.29) is 18.2 Å². The third-order valence-electron chi connectivity index (χ3n) is 4.35. The van der Waals surface area contributed by atoms with Gasteiger partial charge in [0.15, 0.2) is 0 Å². The molecule has 0 aromatic heterocycles. The van der Waals surface area contributed by atoms with E-state index in [1.54, 1.807) is 35.2 Å². The van der Waals surface area contributed by atoms with E-state index in [1.165, 1.54) is 18.2 Å². The number of carbonyl (C=O) groups is 2. The van der Waals surface area contributed by atoms with E-state index in [0.717, 1.165) is 0 Å². The van der Waals surface area contributed by atoms with Gasteiger partial charge in [0.25, 0.3) is 0 Å². The highest BCUT2D eigenvalue weighted by Gasteiger charge is 2.37. The molecular formula is C21H22FN3O3. The molecule has 0 saturated carbocycles. The molecule has 0 atom stereocenters. The number of para-hydroxylation sites is 1. The first kappa shape index (κ1) is 19.4. The maximum atomic E-state index is 13.7. The maximum Gasteiger partial charge on any atom is 0.323 e. The highest BCUT2D eigenvalue weighted by molar-refractivity contribution is 6.02. The summed E-state index contributed by atoms with van der Waals surface area (Å²) in [6, 6.07) is 10.3. The van der Waals surface area contributed by atoms with Crippen molar-refractivity contribution in [2.75, 3.05) is 28.7 Å². The van der Waals surface area contributed by atoms with Crippen LogP contribution in [0, 0.1) is 11.2 Å². The second-order valence-electron chi connectivity index (χ2n) is 7.12. The zero-order valence-electron chi connectivity index (χ0n) is 15.8. The Balaban J connectivity index is 1.85. The monoisotopic (exact) mass is 383 g/mol. The molecule has 0 radical (unpaired) electrons. The van der Waals surface area contributed by atoms with Gasteiger partial charge < -0.3 is 20.3 Å². The number of ether oxygens (including phenoxy) is 1. The van der Waals surface area contributed by atoms with Gasteiger partial charge in [0.2, 0.25) is 5.91 Å². The van der Waals surface area contributed by atoms with Crippen LogP contribution in [0.25, 0.3) is 0 Å². The van der Waals surface area contributed by atoms with Gasteiger partial charge >= 0.3 is 6.03 Å². The average Bonchev–Trinajstić information content (AvgIpc) is 2.74. The van der Waals surface area contributed by atoms with Crippen LogP contribution in [0.4, 0.5) is 26.2 Å². The van der Waals surface area contributed by atoms with Gasteiger partial charge in [0, 0.05) is 12.2 Å². The quantitative estimate of drug-likeness (QED) is 0.769. The molecule has 0 bridgehead atoms. The zero-order chi connectivity index (χ0) is 20.3. The molecule has 28 heavy (non-hydrogen) atoms. The second-order valence-corrected chi connectivity index (χ2v) is 7.12. The van der Waals surface area contributed by atoms with Crippen LogP contribution in [0.15, 0.2) is 55.1 Å². The van der Waals surface area contributed by atoms with Crippen LogP contribution in [0.2, 0.25) is 0 Å². The lowest BCUT2D eigenvalue weighted by atomic mass is 9.93. The average molecular weight is 383 g/mol. The Kier molecular flexibility index (Phi) is 5.35. The predicted octanol–water partition coefficient (Wildman–Crippen LogP) is 4.41. The summed E-state index contributed by atoms with van der Waals surface area (Å²) in [5.74, 6) is -0.0853. The Morgan fingerprint density at radius 3 is 2.75 bits per heavy atom. The third-order valence-corrected chi connectivity index (χ3v) is 4.35. The molecule has 2 aromatic rings. The van der Waals surface area contributed by atoms with Crippen molar-refractivity contribution in [2.45, 2.75) is 13.8 Å². The minimum absolute atomic E-state index is 0.0725. The highest BCUT2D eigenvalue weighted by Crippen LogP contribution is 2.38. The normalized spacial score (nSPS) is 15.1. The third kappa shape index (κ3) is 3.98. The molecule has 6 nitrogen and oxygen atoms in total. The molecule has 1 heterocycles. The number of benzene rings is 2. The second kappa shape index (κ2) is 7.72. The van der Waals surface area contributed by atoms with Gasteiger partial charge in [-0.15, -0.1) is 6.58 Å². The molecule has 0 spiro atoms. The van der Waals surface area contributed by atoms with E-state index in [9.17, 15) is 14.0 Å². The van der Waals surface area contributed by atoms with E-state index in [4.69, 9.17) is 4.74 Å². The molecule has 1 aliphatic heterocycles. The molecule has 3 amide bonds. The summed E-state index contributed by atoms with van der Waals surface area (Å²) in [7, 11) is 0. The summed E-state index contributed by atoms with van der Waals surface area (Å²) in [4.78, 5) is 26.7. The highest BCUT2D eigenvalue weighted by atomic mass is 19.1. The summed E-state index contributed by atoms with van der Waals surface area (Å²) in [5.41, 5.74) is 0.359. The van der Waals surface area contributed by atoms with Gasteiger partial charge in [-0.2, -0.15) is 0 Å². The minimum Gasteiger partial charge on any atom is -0.490 e. The molecule has 0 unspecified atom stereocenters. The standard InChI is InChI=1S/C21H22FN3O3/c1-4-11-25-17-12-14(9-10-18(17)28-13-21(2,3)19(25)26)23-20(27)24-16-8-6-5-7-15(16)22/h4-10,12H,1,11,13H2,2-3H3,(H2,23,24,27). The summed E-state index contributed by atoms with van der Waals surface area (Å²) in [6.07, 6.45) is 1.63. The molecule has 3 rings (SSSR count). The topological polar surface area (TPSA) is 70.7 Å². The fraction of sp³-hybridized carbons (Fsp3) is 0.238. The number of amides is 3. The van der Waals surface area contributed by atoms with Crippen molar-refractivity contribution in [2.24, 2.45) is 5.41 Å². The molecule has 146 valence electrons. The number of hydrogen-bond donors (Lipinski definition) is 2. The molecule has 2 aromatic carbocycles. The van der Waals surface area contributed by atoms with Crippen molar-refractivity contribution in [3.63, 3.8) is 0 Å². The summed E-state index contributed by atoms with van der Waals surface area (Å²) in [5, 5.41) is 5.11. The van der Waals surface area contributed by atoms with Gasteiger partial charge in [0.05, 0.1) is 16.8 Å². The van der Waals surface area contributed by atoms with Crippen LogP contribution >= 0.6 is 0 Å². The first-order valence-corrected chi connectivity index (χ1v) is 8.84. The van der Waals surface area contributed by atoms with E-state index < -0.39 is 17.3 Å². The van der Waals surface area contributed by atoms with Gasteiger partial charge in [0.1, 0.15) is 18.2 Å². The van der Waals surface area contributed by atoms with Crippen LogP contribution in [0.1, 0.15) is 13.8 Å². The fourth-order valence-corrected chi connectivity index (χ4v) is 2.88. The molecule has 1 aliphatic rings. The largest absolute Gasteiger partial charge is 0.490 e. The number of halogens is 1.